The van der Waals surface area contributed by atoms with Gasteiger partial charge >= 0.3 is 0 Å². The number of ketones is 1. The summed E-state index contributed by atoms with van der Waals surface area (Å²) >= 11 is 0. The van der Waals surface area contributed by atoms with E-state index in [1.165, 1.54) is 19.2 Å². The van der Waals surface area contributed by atoms with Gasteiger partial charge in [0.2, 0.25) is 5.88 Å². The molecule has 0 fully saturated rings. The first kappa shape index (κ1) is 19.2. The number of nitrogens with one attached hydrogen (secondary N) is 2. The largest absolute Gasteiger partial charge is 0.494 e. The van der Waals surface area contributed by atoms with Crippen molar-refractivity contribution in [2.75, 3.05) is 6.61 Å². The summed E-state index contributed by atoms with van der Waals surface area (Å²) in [6.07, 6.45) is 3.14. The molecule has 7 nitrogen and oxygen atoms in total. The van der Waals surface area contributed by atoms with E-state index in [0.29, 0.717) is 36.0 Å². The monoisotopic (exact) mass is 379 g/mol. The average Bonchev–Trinajstić information content (AvgIpc) is 3.19. The quantitative estimate of drug-likeness (QED) is 0.582. The van der Waals surface area contributed by atoms with E-state index in [-0.39, 0.29) is 11.7 Å². The van der Waals surface area contributed by atoms with Gasteiger partial charge in [-0.3, -0.25) is 9.59 Å². The van der Waals surface area contributed by atoms with Crippen molar-refractivity contribution < 1.29 is 19.1 Å². The van der Waals surface area contributed by atoms with Crippen molar-refractivity contribution in [2.24, 2.45) is 0 Å². The second-order valence-electron chi connectivity index (χ2n) is 6.05. The second kappa shape index (κ2) is 8.85. The van der Waals surface area contributed by atoms with E-state index >= 15 is 0 Å². The van der Waals surface area contributed by atoms with Crippen LogP contribution in [0.5, 0.6) is 17.4 Å². The molecule has 1 amide bonds. The number of nitrogens with zero attached hydrogens (tertiary/aromatic N) is 1. The topological polar surface area (TPSA) is 93.3 Å². The van der Waals surface area contributed by atoms with Crippen molar-refractivity contribution >= 4 is 11.7 Å². The van der Waals surface area contributed by atoms with E-state index < -0.39 is 0 Å². The van der Waals surface area contributed by atoms with E-state index in [1.54, 1.807) is 30.5 Å². The zero-order valence-electron chi connectivity index (χ0n) is 15.7. The molecule has 3 rings (SSSR count). The van der Waals surface area contributed by atoms with Crippen LogP contribution in [0.2, 0.25) is 0 Å². The molecule has 0 unspecified atom stereocenters. The van der Waals surface area contributed by atoms with Gasteiger partial charge in [0, 0.05) is 30.6 Å². The van der Waals surface area contributed by atoms with Gasteiger partial charge in [0.15, 0.2) is 5.78 Å². The Labute approximate surface area is 162 Å². The lowest BCUT2D eigenvalue weighted by Crippen LogP contribution is -2.23. The van der Waals surface area contributed by atoms with Crippen LogP contribution >= 0.6 is 0 Å². The fourth-order valence-corrected chi connectivity index (χ4v) is 2.51. The Morgan fingerprint density at radius 3 is 2.54 bits per heavy atom. The molecular formula is C21H21N3O4. The van der Waals surface area contributed by atoms with Gasteiger partial charge in [-0.15, -0.1) is 0 Å². The number of aromatic amines is 1. The molecular weight excluding hydrogens is 358 g/mol. The highest BCUT2D eigenvalue weighted by Gasteiger charge is 2.10. The molecule has 0 aliphatic heterocycles. The van der Waals surface area contributed by atoms with Crippen molar-refractivity contribution in [3.8, 4) is 17.4 Å². The second-order valence-corrected chi connectivity index (χ2v) is 6.05. The summed E-state index contributed by atoms with van der Waals surface area (Å²) in [6.45, 7) is 4.29. The molecule has 0 saturated carbocycles. The highest BCUT2D eigenvalue weighted by molar-refractivity contribution is 5.99. The van der Waals surface area contributed by atoms with Crippen LogP contribution in [0, 0.1) is 0 Å². The SMILES string of the molecule is CCOc1ccc(Oc2cc(CNC(=O)c3cc(C(C)=O)c[nH]3)ccn2)cc1. The lowest BCUT2D eigenvalue weighted by Gasteiger charge is -2.08. The molecule has 0 saturated heterocycles. The van der Waals surface area contributed by atoms with Gasteiger partial charge in [-0.2, -0.15) is 0 Å². The fourth-order valence-electron chi connectivity index (χ4n) is 2.51. The number of ether oxygens (including phenoxy) is 2. The Morgan fingerprint density at radius 2 is 1.86 bits per heavy atom. The number of amides is 1. The molecule has 2 aromatic heterocycles. The van der Waals surface area contributed by atoms with Crippen molar-refractivity contribution in [1.82, 2.24) is 15.3 Å². The Kier molecular flexibility index (Phi) is 6.06. The molecule has 0 radical (unpaired) electrons. The molecule has 1 aromatic carbocycles. The number of benzene rings is 1. The standard InChI is InChI=1S/C21H21N3O4/c1-3-27-17-4-6-18(7-5-17)28-20-10-15(8-9-22-20)12-24-21(26)19-11-16(13-23-19)14(2)25/h4-11,13,23H,3,12H2,1-2H3,(H,24,26). The number of aromatic nitrogens is 2. The normalized spacial score (nSPS) is 10.4. The van der Waals surface area contributed by atoms with Gasteiger partial charge in [-0.25, -0.2) is 4.98 Å². The van der Waals surface area contributed by atoms with E-state index in [4.69, 9.17) is 9.47 Å². The predicted octanol–water partition coefficient (Wildman–Crippen LogP) is 3.73. The summed E-state index contributed by atoms with van der Waals surface area (Å²) < 4.78 is 11.2. The third kappa shape index (κ3) is 4.97. The third-order valence-corrected chi connectivity index (χ3v) is 3.94. The maximum absolute atomic E-state index is 12.2. The molecule has 2 N–H and O–H groups in total. The minimum atomic E-state index is -0.293. The Morgan fingerprint density at radius 1 is 1.11 bits per heavy atom. The van der Waals surface area contributed by atoms with Crippen LogP contribution < -0.4 is 14.8 Å². The molecule has 28 heavy (non-hydrogen) atoms. The number of Topliss-reactive ketones (excluding diaryl/α,β-unsaturated/α-hetero) is 1. The number of carbonyl (C=O) groups is 2. The van der Waals surface area contributed by atoms with Gasteiger partial charge in [0.1, 0.15) is 17.2 Å². The number of carbonyl (C=O) groups excluding carboxylic acids is 2. The highest BCUT2D eigenvalue weighted by Crippen LogP contribution is 2.23. The van der Waals surface area contributed by atoms with Crippen LogP contribution in [0.25, 0.3) is 0 Å². The summed E-state index contributed by atoms with van der Waals surface area (Å²) in [7, 11) is 0. The predicted molar refractivity (Wildman–Crippen MR) is 104 cm³/mol. The highest BCUT2D eigenvalue weighted by atomic mass is 16.5. The van der Waals surface area contributed by atoms with E-state index in [2.05, 4.69) is 15.3 Å². The molecule has 7 heteroatoms. The number of hydrogen-bond acceptors (Lipinski definition) is 5. The average molecular weight is 379 g/mol. The van der Waals surface area contributed by atoms with Gasteiger partial charge in [0.05, 0.1) is 6.61 Å². The maximum atomic E-state index is 12.2. The summed E-state index contributed by atoms with van der Waals surface area (Å²) in [5, 5.41) is 2.80. The first-order valence-electron chi connectivity index (χ1n) is 8.88. The smallest absolute Gasteiger partial charge is 0.267 e. The third-order valence-electron chi connectivity index (χ3n) is 3.94. The van der Waals surface area contributed by atoms with Crippen molar-refractivity contribution in [1.29, 1.82) is 0 Å². The summed E-state index contributed by atoms with van der Waals surface area (Å²) in [5.41, 5.74) is 1.65. The molecule has 144 valence electrons. The number of rotatable bonds is 8. The van der Waals surface area contributed by atoms with Gasteiger partial charge in [-0.05, 0) is 55.8 Å². The maximum Gasteiger partial charge on any atom is 0.267 e. The number of pyridine rings is 1. The van der Waals surface area contributed by atoms with Crippen LogP contribution in [0.3, 0.4) is 0 Å². The Hall–Kier alpha value is -3.61. The minimum absolute atomic E-state index is 0.0967. The lowest BCUT2D eigenvalue weighted by molar-refractivity contribution is 0.0946. The molecule has 0 spiro atoms. The first-order valence-corrected chi connectivity index (χ1v) is 8.88. The van der Waals surface area contributed by atoms with Crippen LogP contribution in [-0.2, 0) is 6.54 Å². The zero-order chi connectivity index (χ0) is 19.9. The van der Waals surface area contributed by atoms with Crippen LogP contribution in [0.4, 0.5) is 0 Å². The fraction of sp³-hybridized carbons (Fsp3) is 0.190. The summed E-state index contributed by atoms with van der Waals surface area (Å²) in [4.78, 5) is 30.5. The van der Waals surface area contributed by atoms with E-state index in [0.717, 1.165) is 11.3 Å². The minimum Gasteiger partial charge on any atom is -0.494 e. The Balaban J connectivity index is 1.59. The molecule has 3 aromatic rings. The van der Waals surface area contributed by atoms with Crippen molar-refractivity contribution in [3.63, 3.8) is 0 Å². The Bertz CT molecular complexity index is 964. The van der Waals surface area contributed by atoms with Crippen LogP contribution in [0.1, 0.15) is 40.3 Å². The van der Waals surface area contributed by atoms with Crippen LogP contribution in [0.15, 0.2) is 54.9 Å². The molecule has 0 bridgehead atoms. The molecule has 0 aliphatic rings. The van der Waals surface area contributed by atoms with E-state index in [1.807, 2.05) is 19.1 Å². The van der Waals surface area contributed by atoms with Crippen molar-refractivity contribution in [2.45, 2.75) is 20.4 Å². The van der Waals surface area contributed by atoms with Gasteiger partial charge < -0.3 is 19.8 Å². The van der Waals surface area contributed by atoms with Gasteiger partial charge in [0.25, 0.3) is 5.91 Å². The summed E-state index contributed by atoms with van der Waals surface area (Å²) in [6, 6.07) is 12.3. The molecule has 0 aliphatic carbocycles. The first-order chi connectivity index (χ1) is 13.5. The van der Waals surface area contributed by atoms with Gasteiger partial charge in [-0.1, -0.05) is 0 Å². The van der Waals surface area contributed by atoms with E-state index in [9.17, 15) is 9.59 Å². The molecule has 0 atom stereocenters. The van der Waals surface area contributed by atoms with Crippen LogP contribution in [-0.4, -0.2) is 28.3 Å². The van der Waals surface area contributed by atoms with Crippen molar-refractivity contribution in [3.05, 3.63) is 71.7 Å². The summed E-state index contributed by atoms with van der Waals surface area (Å²) in [5.74, 6) is 1.45. The number of hydrogen-bond donors (Lipinski definition) is 2. The zero-order valence-corrected chi connectivity index (χ0v) is 15.7. The lowest BCUT2D eigenvalue weighted by atomic mass is 10.2. The number of H-pyrrole nitrogens is 1. The molecule has 2 heterocycles.